The number of nitrogens with zero attached hydrogens (tertiary/aromatic N) is 2. The number of fused-ring (bicyclic) bond motifs is 1. The number of rotatable bonds is 5. The first-order chi connectivity index (χ1) is 15.3. The van der Waals surface area contributed by atoms with E-state index in [0.717, 1.165) is 49.8 Å². The summed E-state index contributed by atoms with van der Waals surface area (Å²) in [6.45, 7) is 1.01. The first kappa shape index (κ1) is 22.3. The minimum Gasteiger partial charge on any atom is -0.493 e. The maximum absolute atomic E-state index is 13.4. The molecule has 1 aliphatic carbocycles. The molecule has 0 bridgehead atoms. The van der Waals surface area contributed by atoms with Crippen LogP contribution in [0.3, 0.4) is 0 Å². The highest BCUT2D eigenvalue weighted by Gasteiger charge is 2.50. The lowest BCUT2D eigenvalue weighted by Gasteiger charge is -2.44. The zero-order valence-electron chi connectivity index (χ0n) is 18.7. The lowest BCUT2D eigenvalue weighted by molar-refractivity contribution is 0.168. The summed E-state index contributed by atoms with van der Waals surface area (Å²) in [5.74, 6) is 0.305. The van der Waals surface area contributed by atoms with Crippen LogP contribution in [0.4, 0.5) is 14.5 Å². The summed E-state index contributed by atoms with van der Waals surface area (Å²) in [7, 11) is 5.45. The molecule has 1 saturated carbocycles. The van der Waals surface area contributed by atoms with Crippen molar-refractivity contribution in [1.82, 2.24) is 4.90 Å². The van der Waals surface area contributed by atoms with Gasteiger partial charge in [0.15, 0.2) is 17.5 Å². The Morgan fingerprint density at radius 3 is 2.50 bits per heavy atom. The number of halogens is 2. The molecule has 2 aliphatic rings. The number of likely N-dealkylation sites (tertiary alicyclic amines) is 1. The van der Waals surface area contributed by atoms with Gasteiger partial charge >= 0.3 is 0 Å². The number of likely N-dealkylation sites (N-methyl/N-ethyl adjacent to an activating group) is 1. The van der Waals surface area contributed by atoms with Crippen molar-refractivity contribution in [1.29, 1.82) is 0 Å². The third-order valence-corrected chi connectivity index (χ3v) is 6.91. The van der Waals surface area contributed by atoms with Crippen molar-refractivity contribution in [3.8, 4) is 11.5 Å². The van der Waals surface area contributed by atoms with Gasteiger partial charge in [0.05, 0.1) is 20.3 Å². The van der Waals surface area contributed by atoms with Gasteiger partial charge in [-0.1, -0.05) is 6.07 Å². The van der Waals surface area contributed by atoms with Crippen LogP contribution < -0.4 is 20.5 Å². The number of hydrogen-bond acceptors (Lipinski definition) is 4. The van der Waals surface area contributed by atoms with Gasteiger partial charge in [-0.15, -0.1) is 0 Å². The van der Waals surface area contributed by atoms with Crippen molar-refractivity contribution in [2.45, 2.75) is 43.2 Å². The Morgan fingerprint density at radius 1 is 1.09 bits per heavy atom. The number of benzene rings is 2. The Balaban J connectivity index is 1.54. The SMILES string of the molecule is COc1ccc(C23CCC(N=C(N)Nc4cc(F)cc(F)c4)CC2N(C)CC3)cc1OC. The normalized spacial score (nSPS) is 26.0. The molecule has 3 unspecified atom stereocenters. The van der Waals surface area contributed by atoms with Gasteiger partial charge in [-0.25, -0.2) is 13.8 Å². The van der Waals surface area contributed by atoms with E-state index < -0.39 is 11.6 Å². The molecule has 6 nitrogen and oxygen atoms in total. The molecule has 2 aromatic carbocycles. The zero-order chi connectivity index (χ0) is 22.9. The Bertz CT molecular complexity index is 995. The van der Waals surface area contributed by atoms with Crippen molar-refractivity contribution in [3.63, 3.8) is 0 Å². The average molecular weight is 445 g/mol. The van der Waals surface area contributed by atoms with E-state index in [0.29, 0.717) is 6.04 Å². The van der Waals surface area contributed by atoms with Crippen LogP contribution in [-0.2, 0) is 5.41 Å². The largest absolute Gasteiger partial charge is 0.493 e. The summed E-state index contributed by atoms with van der Waals surface area (Å²) in [6.07, 6.45) is 3.76. The first-order valence-corrected chi connectivity index (χ1v) is 10.8. The predicted molar refractivity (Wildman–Crippen MR) is 122 cm³/mol. The monoisotopic (exact) mass is 444 g/mol. The first-order valence-electron chi connectivity index (χ1n) is 10.8. The molecule has 3 atom stereocenters. The van der Waals surface area contributed by atoms with E-state index in [1.54, 1.807) is 14.2 Å². The third kappa shape index (κ3) is 4.24. The second-order valence-electron chi connectivity index (χ2n) is 8.70. The number of aliphatic imine (C=N–C) groups is 1. The molecule has 0 radical (unpaired) electrons. The Labute approximate surface area is 187 Å². The van der Waals surface area contributed by atoms with Crippen molar-refractivity contribution < 1.29 is 18.3 Å². The molecule has 4 rings (SSSR count). The lowest BCUT2D eigenvalue weighted by atomic mass is 9.65. The van der Waals surface area contributed by atoms with Crippen LogP contribution in [0.1, 0.15) is 31.2 Å². The lowest BCUT2D eigenvalue weighted by Crippen LogP contribution is -2.47. The van der Waals surface area contributed by atoms with Crippen LogP contribution in [0.5, 0.6) is 11.5 Å². The molecule has 0 amide bonds. The van der Waals surface area contributed by atoms with Gasteiger partial charge in [0.1, 0.15) is 11.6 Å². The summed E-state index contributed by atoms with van der Waals surface area (Å²) in [4.78, 5) is 7.03. The molecule has 1 heterocycles. The minimum absolute atomic E-state index is 0.0220. The van der Waals surface area contributed by atoms with E-state index in [1.165, 1.54) is 17.7 Å². The van der Waals surface area contributed by atoms with Gasteiger partial charge in [0.2, 0.25) is 0 Å². The molecular weight excluding hydrogens is 414 g/mol. The number of nitrogens with two attached hydrogens (primary N) is 1. The number of anilines is 1. The molecule has 32 heavy (non-hydrogen) atoms. The Morgan fingerprint density at radius 2 is 1.81 bits per heavy atom. The van der Waals surface area contributed by atoms with Crippen LogP contribution in [-0.4, -0.2) is 50.8 Å². The van der Waals surface area contributed by atoms with E-state index >= 15 is 0 Å². The zero-order valence-corrected chi connectivity index (χ0v) is 18.7. The molecule has 1 saturated heterocycles. The molecule has 0 aromatic heterocycles. The minimum atomic E-state index is -0.662. The third-order valence-electron chi connectivity index (χ3n) is 6.91. The highest BCUT2D eigenvalue weighted by atomic mass is 19.1. The maximum atomic E-state index is 13.4. The standard InChI is InChI=1S/C24H30F2N4O2/c1-30-9-8-24(15-4-5-20(31-2)21(10-15)32-3)7-6-18(14-22(24)30)28-23(27)29-19-12-16(25)11-17(26)13-19/h4-5,10-13,18,22H,6-9,14H2,1-3H3,(H3,27,28,29). The van der Waals surface area contributed by atoms with Crippen LogP contribution in [0.25, 0.3) is 0 Å². The van der Waals surface area contributed by atoms with Gasteiger partial charge in [0.25, 0.3) is 0 Å². The fraction of sp³-hybridized carbons (Fsp3) is 0.458. The van der Waals surface area contributed by atoms with E-state index in [2.05, 4.69) is 34.4 Å². The van der Waals surface area contributed by atoms with Gasteiger partial charge in [-0.05, 0) is 69.1 Å². The van der Waals surface area contributed by atoms with Crippen LogP contribution >= 0.6 is 0 Å². The summed E-state index contributed by atoms with van der Waals surface area (Å²) in [5.41, 5.74) is 7.60. The van der Waals surface area contributed by atoms with Gasteiger partial charge < -0.3 is 25.4 Å². The Hall–Kier alpha value is -2.87. The highest BCUT2D eigenvalue weighted by Crippen LogP contribution is 2.50. The molecule has 3 N–H and O–H groups in total. The van der Waals surface area contributed by atoms with E-state index in [-0.39, 0.29) is 23.1 Å². The second kappa shape index (κ2) is 8.94. The van der Waals surface area contributed by atoms with Crippen LogP contribution in [0, 0.1) is 11.6 Å². The number of ether oxygens (including phenoxy) is 2. The summed E-state index contributed by atoms with van der Waals surface area (Å²) in [6, 6.07) is 9.76. The number of hydrogen-bond donors (Lipinski definition) is 2. The summed E-state index contributed by atoms with van der Waals surface area (Å²) < 4.78 is 37.9. The molecule has 2 aromatic rings. The molecule has 2 fully saturated rings. The van der Waals surface area contributed by atoms with Crippen LogP contribution in [0.15, 0.2) is 41.4 Å². The molecule has 8 heteroatoms. The quantitative estimate of drug-likeness (QED) is 0.541. The van der Waals surface area contributed by atoms with Gasteiger partial charge in [0, 0.05) is 23.2 Å². The maximum Gasteiger partial charge on any atom is 0.193 e. The molecule has 1 aliphatic heterocycles. The summed E-state index contributed by atoms with van der Waals surface area (Å²) in [5, 5.41) is 2.81. The molecule has 0 spiro atoms. The summed E-state index contributed by atoms with van der Waals surface area (Å²) >= 11 is 0. The van der Waals surface area contributed by atoms with E-state index in [9.17, 15) is 8.78 Å². The topological polar surface area (TPSA) is 72.1 Å². The second-order valence-corrected chi connectivity index (χ2v) is 8.70. The average Bonchev–Trinajstić information content (AvgIpc) is 3.09. The van der Waals surface area contributed by atoms with E-state index in [1.807, 2.05) is 6.07 Å². The van der Waals surface area contributed by atoms with Gasteiger partial charge in [-0.3, -0.25) is 0 Å². The molecule has 172 valence electrons. The highest BCUT2D eigenvalue weighted by molar-refractivity contribution is 5.92. The smallest absolute Gasteiger partial charge is 0.193 e. The Kier molecular flexibility index (Phi) is 6.24. The van der Waals surface area contributed by atoms with Gasteiger partial charge in [-0.2, -0.15) is 0 Å². The fourth-order valence-electron chi connectivity index (χ4n) is 5.36. The van der Waals surface area contributed by atoms with E-state index in [4.69, 9.17) is 15.2 Å². The van der Waals surface area contributed by atoms with Crippen molar-refractivity contribution in [2.24, 2.45) is 10.7 Å². The molecular formula is C24H30F2N4O2. The van der Waals surface area contributed by atoms with Crippen LogP contribution in [0.2, 0.25) is 0 Å². The fourth-order valence-corrected chi connectivity index (χ4v) is 5.36. The number of nitrogens with one attached hydrogen (secondary N) is 1. The number of methoxy groups -OCH3 is 2. The predicted octanol–water partition coefficient (Wildman–Crippen LogP) is 3.90. The van der Waals surface area contributed by atoms with Crippen molar-refractivity contribution in [3.05, 3.63) is 53.6 Å². The van der Waals surface area contributed by atoms with Crippen molar-refractivity contribution >= 4 is 11.6 Å². The van der Waals surface area contributed by atoms with Crippen molar-refractivity contribution in [2.75, 3.05) is 33.1 Å². The number of guanidine groups is 1.